The number of aliphatic hydroxyl groups excluding tert-OH is 1. The van der Waals surface area contributed by atoms with Gasteiger partial charge in [-0.2, -0.15) is 0 Å². The van der Waals surface area contributed by atoms with Crippen LogP contribution in [0.5, 0.6) is 11.5 Å². The molecule has 6 nitrogen and oxygen atoms in total. The number of hydrogen-bond donors (Lipinski definition) is 1. The van der Waals surface area contributed by atoms with Gasteiger partial charge in [0.15, 0.2) is 0 Å². The van der Waals surface area contributed by atoms with Crippen LogP contribution in [0, 0.1) is 6.92 Å². The molecule has 0 bridgehead atoms. The van der Waals surface area contributed by atoms with E-state index in [0.717, 1.165) is 16.9 Å². The predicted octanol–water partition coefficient (Wildman–Crippen LogP) is 6.33. The van der Waals surface area contributed by atoms with E-state index in [1.54, 1.807) is 37.4 Å². The van der Waals surface area contributed by atoms with Gasteiger partial charge in [-0.3, -0.25) is 14.5 Å². The first kappa shape index (κ1) is 26.0. The summed E-state index contributed by atoms with van der Waals surface area (Å²) in [5, 5.41) is 11.6. The second-order valence-corrected chi connectivity index (χ2v) is 10.2. The van der Waals surface area contributed by atoms with Crippen molar-refractivity contribution >= 4 is 23.1 Å². The first-order chi connectivity index (χ1) is 17.6. The largest absolute Gasteiger partial charge is 0.507 e. The van der Waals surface area contributed by atoms with Crippen LogP contribution in [0.15, 0.2) is 72.3 Å². The molecule has 6 heteroatoms. The fourth-order valence-electron chi connectivity index (χ4n) is 4.68. The third-order valence-electron chi connectivity index (χ3n) is 6.52. The van der Waals surface area contributed by atoms with E-state index in [2.05, 4.69) is 20.8 Å². The topological polar surface area (TPSA) is 76.1 Å². The number of carbonyl (C=O) groups is 2. The first-order valence-corrected chi connectivity index (χ1v) is 12.4. The van der Waals surface area contributed by atoms with Crippen molar-refractivity contribution in [1.82, 2.24) is 0 Å². The molecule has 1 unspecified atom stereocenters. The van der Waals surface area contributed by atoms with Crippen molar-refractivity contribution in [3.05, 3.63) is 94.6 Å². The quantitative estimate of drug-likeness (QED) is 0.244. The molecule has 1 N–H and O–H groups in total. The van der Waals surface area contributed by atoms with Crippen molar-refractivity contribution < 1.29 is 24.2 Å². The van der Waals surface area contributed by atoms with Gasteiger partial charge in [0.25, 0.3) is 11.7 Å². The molecule has 1 heterocycles. The highest BCUT2D eigenvalue weighted by Crippen LogP contribution is 2.43. The van der Waals surface area contributed by atoms with Gasteiger partial charge in [0.05, 0.1) is 25.3 Å². The summed E-state index contributed by atoms with van der Waals surface area (Å²) in [4.78, 5) is 28.4. The standard InChI is InChI=1S/C31H33NO5/c1-7-37-25-16-13-21(18-24(25)31(3,4)5)28(33)26-27(20-11-14-23(36-6)15-12-20)32(30(35)29(26)34)22-10-8-9-19(2)17-22/h8-18,27,33H,7H2,1-6H3/b28-26-. The van der Waals surface area contributed by atoms with E-state index < -0.39 is 17.7 Å². The van der Waals surface area contributed by atoms with Crippen LogP contribution in [0.4, 0.5) is 5.69 Å². The van der Waals surface area contributed by atoms with Crippen molar-refractivity contribution in [2.24, 2.45) is 0 Å². The van der Waals surface area contributed by atoms with Crippen LogP contribution < -0.4 is 14.4 Å². The fourth-order valence-corrected chi connectivity index (χ4v) is 4.68. The summed E-state index contributed by atoms with van der Waals surface area (Å²) in [6.07, 6.45) is 0. The molecule has 3 aromatic carbocycles. The Morgan fingerprint density at radius 3 is 2.30 bits per heavy atom. The second-order valence-electron chi connectivity index (χ2n) is 10.2. The lowest BCUT2D eigenvalue weighted by Crippen LogP contribution is -2.29. The number of rotatable bonds is 6. The summed E-state index contributed by atoms with van der Waals surface area (Å²) < 4.78 is 11.1. The molecular formula is C31H33NO5. The van der Waals surface area contributed by atoms with Crippen LogP contribution in [-0.4, -0.2) is 30.5 Å². The number of aryl methyl sites for hydroxylation is 1. The zero-order valence-corrected chi connectivity index (χ0v) is 22.2. The van der Waals surface area contributed by atoms with Gasteiger partial charge in [-0.25, -0.2) is 0 Å². The molecule has 1 aliphatic heterocycles. The number of nitrogens with zero attached hydrogens (tertiary/aromatic N) is 1. The van der Waals surface area contributed by atoms with E-state index in [0.29, 0.717) is 29.2 Å². The van der Waals surface area contributed by atoms with Gasteiger partial charge in [0.1, 0.15) is 17.3 Å². The molecule has 37 heavy (non-hydrogen) atoms. The van der Waals surface area contributed by atoms with E-state index >= 15 is 0 Å². The van der Waals surface area contributed by atoms with Crippen molar-refractivity contribution in [2.45, 2.75) is 46.1 Å². The van der Waals surface area contributed by atoms with Crippen molar-refractivity contribution in [3.63, 3.8) is 0 Å². The third kappa shape index (κ3) is 4.96. The number of aliphatic hydroxyl groups is 1. The molecule has 0 aliphatic carbocycles. The number of methoxy groups -OCH3 is 1. The molecule has 4 rings (SSSR count). The Hall–Kier alpha value is -4.06. The SMILES string of the molecule is CCOc1ccc(/C(O)=C2/C(=O)C(=O)N(c3cccc(C)c3)C2c2ccc(OC)cc2)cc1C(C)(C)C. The Labute approximate surface area is 218 Å². The summed E-state index contributed by atoms with van der Waals surface area (Å²) in [6, 6.07) is 19.2. The molecule has 0 radical (unpaired) electrons. The second kappa shape index (κ2) is 10.1. The summed E-state index contributed by atoms with van der Waals surface area (Å²) in [5.74, 6) is -0.264. The number of carbonyl (C=O) groups excluding carboxylic acids is 2. The smallest absolute Gasteiger partial charge is 0.300 e. The van der Waals surface area contributed by atoms with Gasteiger partial charge in [-0.15, -0.1) is 0 Å². The molecule has 3 aromatic rings. The van der Waals surface area contributed by atoms with Crippen LogP contribution in [0.1, 0.15) is 56.0 Å². The predicted molar refractivity (Wildman–Crippen MR) is 145 cm³/mol. The van der Waals surface area contributed by atoms with Crippen LogP contribution in [0.25, 0.3) is 5.76 Å². The zero-order chi connectivity index (χ0) is 26.9. The van der Waals surface area contributed by atoms with Gasteiger partial charge in [0, 0.05) is 16.8 Å². The van der Waals surface area contributed by atoms with E-state index in [9.17, 15) is 14.7 Å². The van der Waals surface area contributed by atoms with Crippen molar-refractivity contribution in [2.75, 3.05) is 18.6 Å². The number of benzene rings is 3. The van der Waals surface area contributed by atoms with Gasteiger partial charge in [0.2, 0.25) is 0 Å². The van der Waals surface area contributed by atoms with Gasteiger partial charge < -0.3 is 14.6 Å². The maximum atomic E-state index is 13.5. The summed E-state index contributed by atoms with van der Waals surface area (Å²) in [5.41, 5.74) is 3.34. The van der Waals surface area contributed by atoms with Crippen molar-refractivity contribution in [1.29, 1.82) is 0 Å². The lowest BCUT2D eigenvalue weighted by Gasteiger charge is -2.26. The average Bonchev–Trinajstić information content (AvgIpc) is 3.13. The third-order valence-corrected chi connectivity index (χ3v) is 6.52. The minimum absolute atomic E-state index is 0.0423. The number of hydrogen-bond acceptors (Lipinski definition) is 5. The molecule has 1 aliphatic rings. The lowest BCUT2D eigenvalue weighted by molar-refractivity contribution is -0.132. The molecule has 0 aromatic heterocycles. The molecule has 1 fully saturated rings. The summed E-state index contributed by atoms with van der Waals surface area (Å²) in [6.45, 7) is 10.5. The molecule has 1 saturated heterocycles. The highest BCUT2D eigenvalue weighted by atomic mass is 16.5. The Morgan fingerprint density at radius 2 is 1.70 bits per heavy atom. The molecular weight excluding hydrogens is 466 g/mol. The van der Waals surface area contributed by atoms with E-state index in [-0.39, 0.29) is 16.7 Å². The van der Waals surface area contributed by atoms with Gasteiger partial charge in [-0.05, 0) is 72.9 Å². The summed E-state index contributed by atoms with van der Waals surface area (Å²) in [7, 11) is 1.58. The minimum atomic E-state index is -0.808. The highest BCUT2D eigenvalue weighted by molar-refractivity contribution is 6.51. The van der Waals surface area contributed by atoms with E-state index in [1.165, 1.54) is 4.90 Å². The number of ketones is 1. The number of ether oxygens (including phenoxy) is 2. The van der Waals surface area contributed by atoms with Crippen LogP contribution >= 0.6 is 0 Å². The molecule has 1 atom stereocenters. The Morgan fingerprint density at radius 1 is 1.00 bits per heavy atom. The van der Waals surface area contributed by atoms with Crippen molar-refractivity contribution in [3.8, 4) is 11.5 Å². The zero-order valence-electron chi connectivity index (χ0n) is 22.2. The molecule has 0 saturated carbocycles. The van der Waals surface area contributed by atoms with E-state index in [1.807, 2.05) is 50.2 Å². The van der Waals surface area contributed by atoms with E-state index in [4.69, 9.17) is 9.47 Å². The summed E-state index contributed by atoms with van der Waals surface area (Å²) >= 11 is 0. The number of Topliss-reactive ketones (excluding diaryl/α,β-unsaturated/α-hetero) is 1. The maximum absolute atomic E-state index is 13.5. The molecule has 0 spiro atoms. The highest BCUT2D eigenvalue weighted by Gasteiger charge is 2.47. The average molecular weight is 500 g/mol. The molecule has 192 valence electrons. The monoisotopic (exact) mass is 499 g/mol. The normalized spacial score (nSPS) is 17.2. The number of anilines is 1. The Balaban J connectivity index is 1.94. The maximum Gasteiger partial charge on any atom is 0.300 e. The minimum Gasteiger partial charge on any atom is -0.507 e. The first-order valence-electron chi connectivity index (χ1n) is 12.4. The Bertz CT molecular complexity index is 1370. The lowest BCUT2D eigenvalue weighted by atomic mass is 9.84. The van der Waals surface area contributed by atoms with Gasteiger partial charge >= 0.3 is 0 Å². The Kier molecular flexibility index (Phi) is 7.12. The van der Waals surface area contributed by atoms with Gasteiger partial charge in [-0.1, -0.05) is 45.0 Å². The molecule has 1 amide bonds. The van der Waals surface area contributed by atoms with Crippen LogP contribution in [0.2, 0.25) is 0 Å². The fraction of sp³-hybridized carbons (Fsp3) is 0.290. The van der Waals surface area contributed by atoms with Crippen LogP contribution in [-0.2, 0) is 15.0 Å². The van der Waals surface area contributed by atoms with Crippen LogP contribution in [0.3, 0.4) is 0 Å². The number of amides is 1.